The number of hydrogen-bond donors (Lipinski definition) is 2. The second kappa shape index (κ2) is 8.32. The number of aromatic nitrogens is 2. The molecule has 2 aromatic heterocycles. The lowest BCUT2D eigenvalue weighted by Gasteiger charge is -2.17. The monoisotopic (exact) mass is 426 g/mol. The molecule has 1 aromatic carbocycles. The van der Waals surface area contributed by atoms with Gasteiger partial charge >= 0.3 is 0 Å². The third-order valence-electron chi connectivity index (χ3n) is 5.53. The largest absolute Gasteiger partial charge is 0.383 e. The van der Waals surface area contributed by atoms with Gasteiger partial charge in [-0.15, -0.1) is 11.3 Å². The molecular weight excluding hydrogens is 400 g/mol. The maximum absolute atomic E-state index is 12.4. The van der Waals surface area contributed by atoms with Crippen molar-refractivity contribution in [2.75, 3.05) is 11.5 Å². The second-order valence-electron chi connectivity index (χ2n) is 7.86. The van der Waals surface area contributed by atoms with Gasteiger partial charge in [0, 0.05) is 4.88 Å². The summed E-state index contributed by atoms with van der Waals surface area (Å²) in [4.78, 5) is 24.0. The minimum atomic E-state index is -0.0382. The van der Waals surface area contributed by atoms with E-state index < -0.39 is 0 Å². The third kappa shape index (κ3) is 4.26. The quantitative estimate of drug-likeness (QED) is 0.457. The molecule has 3 N–H and O–H groups in total. The molecule has 0 radical (unpaired) electrons. The molecule has 5 nitrogen and oxygen atoms in total. The van der Waals surface area contributed by atoms with Crippen molar-refractivity contribution in [3.8, 4) is 0 Å². The molecule has 0 saturated carbocycles. The Kier molecular flexibility index (Phi) is 5.79. The maximum Gasteiger partial charge on any atom is 0.230 e. The number of rotatable bonds is 5. The first-order valence-electron chi connectivity index (χ1n) is 9.97. The molecule has 0 aliphatic heterocycles. The van der Waals surface area contributed by atoms with Crippen LogP contribution in [0.15, 0.2) is 29.4 Å². The third-order valence-corrected chi connectivity index (χ3v) is 7.52. The van der Waals surface area contributed by atoms with Gasteiger partial charge in [-0.3, -0.25) is 4.79 Å². The van der Waals surface area contributed by atoms with Crippen molar-refractivity contribution in [3.05, 3.63) is 45.8 Å². The average Bonchev–Trinajstić information content (AvgIpc) is 3.04. The molecule has 2 heterocycles. The summed E-state index contributed by atoms with van der Waals surface area (Å²) in [7, 11) is 0. The summed E-state index contributed by atoms with van der Waals surface area (Å²) in [5.74, 6) is 1.48. The molecule has 2 atom stereocenters. The Balaban J connectivity index is 1.44. The summed E-state index contributed by atoms with van der Waals surface area (Å²) in [6, 6.07) is 8.06. The Labute approximate surface area is 179 Å². The van der Waals surface area contributed by atoms with Crippen LogP contribution in [0.3, 0.4) is 0 Å². The van der Waals surface area contributed by atoms with Crippen molar-refractivity contribution < 1.29 is 4.79 Å². The summed E-state index contributed by atoms with van der Waals surface area (Å²) < 4.78 is 0. The number of benzene rings is 1. The number of fused-ring (bicyclic) bond motifs is 3. The van der Waals surface area contributed by atoms with Crippen LogP contribution in [0.5, 0.6) is 0 Å². The zero-order valence-electron chi connectivity index (χ0n) is 17.0. The first kappa shape index (κ1) is 20.2. The minimum Gasteiger partial charge on any atom is -0.383 e. The van der Waals surface area contributed by atoms with Gasteiger partial charge in [0.25, 0.3) is 0 Å². The molecule has 152 valence electrons. The van der Waals surface area contributed by atoms with Gasteiger partial charge in [-0.2, -0.15) is 0 Å². The van der Waals surface area contributed by atoms with E-state index in [1.807, 2.05) is 25.1 Å². The summed E-state index contributed by atoms with van der Waals surface area (Å²) in [6.07, 6.45) is 3.33. The van der Waals surface area contributed by atoms with Gasteiger partial charge in [-0.25, -0.2) is 9.97 Å². The van der Waals surface area contributed by atoms with Crippen molar-refractivity contribution in [2.45, 2.75) is 51.2 Å². The predicted molar refractivity (Wildman–Crippen MR) is 121 cm³/mol. The van der Waals surface area contributed by atoms with Crippen LogP contribution in [0.4, 0.5) is 5.82 Å². The van der Waals surface area contributed by atoms with E-state index in [4.69, 9.17) is 10.7 Å². The molecule has 0 fully saturated rings. The van der Waals surface area contributed by atoms with Gasteiger partial charge in [0.15, 0.2) is 5.16 Å². The Morgan fingerprint density at radius 2 is 2.17 bits per heavy atom. The van der Waals surface area contributed by atoms with E-state index >= 15 is 0 Å². The number of amides is 1. The highest BCUT2D eigenvalue weighted by molar-refractivity contribution is 7.99. The highest BCUT2D eigenvalue weighted by Crippen LogP contribution is 2.39. The average molecular weight is 427 g/mol. The number of nitrogen functional groups attached to an aromatic ring is 1. The number of nitrogens with two attached hydrogens (primary N) is 1. The van der Waals surface area contributed by atoms with Crippen LogP contribution < -0.4 is 11.1 Å². The van der Waals surface area contributed by atoms with Crippen molar-refractivity contribution in [1.82, 2.24) is 15.3 Å². The molecule has 0 bridgehead atoms. The SMILES string of the molecule is Cc1ccccc1C(C)NC(=O)CSc1nc(N)c2c3c(sc2n1)CC(C)CC3. The zero-order valence-corrected chi connectivity index (χ0v) is 18.6. The molecular formula is C22H26N4OS2. The standard InChI is InChI=1S/C22H26N4OS2/c1-12-8-9-16-17(10-12)29-21-19(16)20(23)25-22(26-21)28-11-18(27)24-14(3)15-7-5-4-6-13(15)2/h4-7,12,14H,8-11H2,1-3H3,(H,24,27)(H2,23,25,26). The van der Waals surface area contributed by atoms with E-state index in [0.717, 1.165) is 28.6 Å². The fourth-order valence-corrected chi connectivity index (χ4v) is 6.09. The number of anilines is 1. The van der Waals surface area contributed by atoms with Crippen LogP contribution in [0.1, 0.15) is 47.9 Å². The van der Waals surface area contributed by atoms with E-state index in [1.165, 1.54) is 34.2 Å². The van der Waals surface area contributed by atoms with Gasteiger partial charge in [-0.05, 0) is 55.7 Å². The van der Waals surface area contributed by atoms with E-state index in [-0.39, 0.29) is 17.7 Å². The molecule has 7 heteroatoms. The Morgan fingerprint density at radius 1 is 1.38 bits per heavy atom. The fraction of sp³-hybridized carbons (Fsp3) is 0.409. The summed E-state index contributed by atoms with van der Waals surface area (Å²) >= 11 is 3.07. The first-order chi connectivity index (χ1) is 13.9. The molecule has 3 aromatic rings. The van der Waals surface area contributed by atoms with E-state index in [9.17, 15) is 4.79 Å². The van der Waals surface area contributed by atoms with Crippen molar-refractivity contribution in [2.24, 2.45) is 5.92 Å². The van der Waals surface area contributed by atoms with Crippen LogP contribution in [-0.2, 0) is 17.6 Å². The smallest absolute Gasteiger partial charge is 0.230 e. The van der Waals surface area contributed by atoms with Crippen LogP contribution in [0, 0.1) is 12.8 Å². The lowest BCUT2D eigenvalue weighted by atomic mass is 9.89. The molecule has 1 aliphatic carbocycles. The van der Waals surface area contributed by atoms with Gasteiger partial charge in [-0.1, -0.05) is 43.0 Å². The Hall–Kier alpha value is -2.12. The van der Waals surface area contributed by atoms with Crippen molar-refractivity contribution in [1.29, 1.82) is 0 Å². The minimum absolute atomic E-state index is 0.0349. The van der Waals surface area contributed by atoms with Gasteiger partial charge in [0.2, 0.25) is 5.91 Å². The van der Waals surface area contributed by atoms with Crippen LogP contribution in [0.25, 0.3) is 10.2 Å². The Bertz CT molecular complexity index is 1060. The van der Waals surface area contributed by atoms with Crippen molar-refractivity contribution in [3.63, 3.8) is 0 Å². The zero-order chi connectivity index (χ0) is 20.5. The first-order valence-corrected chi connectivity index (χ1v) is 11.8. The summed E-state index contributed by atoms with van der Waals surface area (Å²) in [6.45, 7) is 6.35. The number of aryl methyl sites for hydroxylation is 2. The topological polar surface area (TPSA) is 80.9 Å². The molecule has 0 spiro atoms. The number of thioether (sulfide) groups is 1. The highest BCUT2D eigenvalue weighted by atomic mass is 32.2. The highest BCUT2D eigenvalue weighted by Gasteiger charge is 2.23. The number of nitrogens with zero attached hydrogens (tertiary/aromatic N) is 2. The van der Waals surface area contributed by atoms with E-state index in [2.05, 4.69) is 30.2 Å². The number of hydrogen-bond acceptors (Lipinski definition) is 6. The normalized spacial score (nSPS) is 17.1. The maximum atomic E-state index is 12.4. The fourth-order valence-electron chi connectivity index (χ4n) is 3.98. The molecule has 1 amide bonds. The predicted octanol–water partition coefficient (Wildman–Crippen LogP) is 4.68. The van der Waals surface area contributed by atoms with Crippen molar-refractivity contribution >= 4 is 45.0 Å². The van der Waals surface area contributed by atoms with Gasteiger partial charge in [0.05, 0.1) is 17.2 Å². The number of nitrogens with one attached hydrogen (secondary N) is 1. The molecule has 1 aliphatic rings. The summed E-state index contributed by atoms with van der Waals surface area (Å²) in [5.41, 5.74) is 9.92. The van der Waals surface area contributed by atoms with E-state index in [0.29, 0.717) is 16.9 Å². The van der Waals surface area contributed by atoms with Crippen LogP contribution in [0.2, 0.25) is 0 Å². The Morgan fingerprint density at radius 3 is 2.97 bits per heavy atom. The number of carbonyl (C=O) groups is 1. The number of carbonyl (C=O) groups excluding carboxylic acids is 1. The molecule has 4 rings (SSSR count). The summed E-state index contributed by atoms with van der Waals surface area (Å²) in [5, 5.41) is 4.66. The number of thiophene rings is 1. The lowest BCUT2D eigenvalue weighted by Crippen LogP contribution is -2.28. The molecule has 0 saturated heterocycles. The van der Waals surface area contributed by atoms with Gasteiger partial charge < -0.3 is 11.1 Å². The molecule has 29 heavy (non-hydrogen) atoms. The lowest BCUT2D eigenvalue weighted by molar-refractivity contribution is -0.119. The van der Waals surface area contributed by atoms with Crippen LogP contribution >= 0.6 is 23.1 Å². The van der Waals surface area contributed by atoms with Gasteiger partial charge in [0.1, 0.15) is 10.6 Å². The molecule has 2 unspecified atom stereocenters. The second-order valence-corrected chi connectivity index (χ2v) is 9.88. The van der Waals surface area contributed by atoms with E-state index in [1.54, 1.807) is 11.3 Å². The van der Waals surface area contributed by atoms with Crippen LogP contribution in [-0.4, -0.2) is 21.6 Å².